The number of carbonyl (C=O) groups excluding carboxylic acids is 3. The standard InChI is InChI=1S/C20H16N4O5/c1-10-15-16(20(22-10)13-7-2-3-8-14(13)21-19(20)27)18(26)23(17(15)25)11-5-4-6-12(9-11)24(28)29/h2-10,15-16,22H,1H3,(H,21,27)/t10-,15-,16-,20-/m1/s1. The number of imide groups is 1. The number of amides is 3. The van der Waals surface area contributed by atoms with Crippen molar-refractivity contribution in [1.29, 1.82) is 0 Å². The van der Waals surface area contributed by atoms with Crippen molar-refractivity contribution in [3.05, 3.63) is 64.2 Å². The predicted octanol–water partition coefficient (Wildman–Crippen LogP) is 1.54. The maximum absolute atomic E-state index is 13.5. The molecule has 1 spiro atoms. The number of nitrogens with one attached hydrogen (secondary N) is 2. The van der Waals surface area contributed by atoms with Crippen LogP contribution in [0.1, 0.15) is 12.5 Å². The van der Waals surface area contributed by atoms with Crippen molar-refractivity contribution in [3.63, 3.8) is 0 Å². The third-order valence-corrected chi connectivity index (χ3v) is 6.07. The lowest BCUT2D eigenvalue weighted by atomic mass is 9.76. The summed E-state index contributed by atoms with van der Waals surface area (Å²) in [6.45, 7) is 1.77. The Morgan fingerprint density at radius 3 is 2.59 bits per heavy atom. The van der Waals surface area contributed by atoms with Crippen LogP contribution in [0.4, 0.5) is 17.1 Å². The topological polar surface area (TPSA) is 122 Å². The Morgan fingerprint density at radius 1 is 1.07 bits per heavy atom. The Bertz CT molecular complexity index is 1120. The molecule has 0 aromatic heterocycles. The highest BCUT2D eigenvalue weighted by atomic mass is 16.6. The second-order valence-electron chi connectivity index (χ2n) is 7.53. The van der Waals surface area contributed by atoms with Crippen LogP contribution in [0.3, 0.4) is 0 Å². The number of rotatable bonds is 2. The van der Waals surface area contributed by atoms with Crippen molar-refractivity contribution in [1.82, 2.24) is 5.32 Å². The number of hydrogen-bond donors (Lipinski definition) is 2. The highest BCUT2D eigenvalue weighted by Gasteiger charge is 2.69. The summed E-state index contributed by atoms with van der Waals surface area (Å²) in [6.07, 6.45) is 0. The van der Waals surface area contributed by atoms with Crippen LogP contribution in [0, 0.1) is 22.0 Å². The highest BCUT2D eigenvalue weighted by Crippen LogP contribution is 2.53. The minimum absolute atomic E-state index is 0.137. The third kappa shape index (κ3) is 2.10. The van der Waals surface area contributed by atoms with Gasteiger partial charge >= 0.3 is 0 Å². The number of hydrogen-bond acceptors (Lipinski definition) is 6. The zero-order valence-electron chi connectivity index (χ0n) is 15.3. The first kappa shape index (κ1) is 17.5. The number of nitro benzene ring substituents is 1. The van der Waals surface area contributed by atoms with Crippen molar-refractivity contribution in [2.75, 3.05) is 10.2 Å². The molecule has 2 N–H and O–H groups in total. The predicted molar refractivity (Wildman–Crippen MR) is 102 cm³/mol. The summed E-state index contributed by atoms with van der Waals surface area (Å²) < 4.78 is 0. The molecule has 2 saturated heterocycles. The van der Waals surface area contributed by atoms with Gasteiger partial charge in [-0.1, -0.05) is 24.3 Å². The fraction of sp³-hybridized carbons (Fsp3) is 0.250. The number of benzene rings is 2. The van der Waals surface area contributed by atoms with Gasteiger partial charge in [-0.05, 0) is 19.1 Å². The van der Waals surface area contributed by atoms with Crippen LogP contribution in [0.2, 0.25) is 0 Å². The molecular weight excluding hydrogens is 376 g/mol. The van der Waals surface area contributed by atoms with E-state index in [0.29, 0.717) is 11.3 Å². The average molecular weight is 392 g/mol. The number of fused-ring (bicyclic) bond motifs is 4. The van der Waals surface area contributed by atoms with E-state index in [2.05, 4.69) is 10.6 Å². The van der Waals surface area contributed by atoms with E-state index in [0.717, 1.165) is 4.90 Å². The van der Waals surface area contributed by atoms with E-state index in [1.165, 1.54) is 24.3 Å². The zero-order valence-corrected chi connectivity index (χ0v) is 15.3. The van der Waals surface area contributed by atoms with Crippen LogP contribution >= 0.6 is 0 Å². The van der Waals surface area contributed by atoms with Gasteiger partial charge in [0.25, 0.3) is 5.69 Å². The molecule has 4 atom stereocenters. The smallest absolute Gasteiger partial charge is 0.271 e. The lowest BCUT2D eigenvalue weighted by molar-refractivity contribution is -0.384. The van der Waals surface area contributed by atoms with Gasteiger partial charge in [-0.2, -0.15) is 0 Å². The van der Waals surface area contributed by atoms with Crippen LogP contribution < -0.4 is 15.5 Å². The zero-order chi connectivity index (χ0) is 20.5. The first-order valence-corrected chi connectivity index (χ1v) is 9.17. The monoisotopic (exact) mass is 392 g/mol. The molecule has 3 aliphatic heterocycles. The van der Waals surface area contributed by atoms with Gasteiger partial charge in [0.05, 0.1) is 22.4 Å². The first-order valence-electron chi connectivity index (χ1n) is 9.17. The minimum Gasteiger partial charge on any atom is -0.324 e. The number of non-ortho nitro benzene ring substituents is 1. The Hall–Kier alpha value is -3.59. The molecule has 2 aromatic carbocycles. The molecule has 0 radical (unpaired) electrons. The van der Waals surface area contributed by atoms with Gasteiger partial charge in [-0.25, -0.2) is 4.90 Å². The fourth-order valence-corrected chi connectivity index (χ4v) is 4.92. The number of carbonyl (C=O) groups is 3. The molecule has 2 fully saturated rings. The van der Waals surface area contributed by atoms with Crippen LogP contribution in [0.25, 0.3) is 0 Å². The second-order valence-corrected chi connectivity index (χ2v) is 7.53. The van der Waals surface area contributed by atoms with Gasteiger partial charge in [-0.15, -0.1) is 0 Å². The quantitative estimate of drug-likeness (QED) is 0.454. The second kappa shape index (κ2) is 5.71. The van der Waals surface area contributed by atoms with Gasteiger partial charge in [0, 0.05) is 29.4 Å². The molecule has 9 heteroatoms. The summed E-state index contributed by atoms with van der Waals surface area (Å²) in [5.74, 6) is -3.06. The SMILES string of the molecule is C[C@H]1N[C@@]2(C(=O)Nc3ccccc32)[C@H]2C(=O)N(c3cccc([N+](=O)[O-])c3)C(=O)[C@H]12. The maximum atomic E-state index is 13.5. The van der Waals surface area contributed by atoms with E-state index in [1.54, 1.807) is 31.2 Å². The van der Waals surface area contributed by atoms with E-state index in [-0.39, 0.29) is 17.3 Å². The molecule has 29 heavy (non-hydrogen) atoms. The van der Waals surface area contributed by atoms with E-state index < -0.39 is 40.2 Å². The summed E-state index contributed by atoms with van der Waals surface area (Å²) >= 11 is 0. The van der Waals surface area contributed by atoms with Gasteiger partial charge in [0.1, 0.15) is 5.54 Å². The Morgan fingerprint density at radius 2 is 1.83 bits per heavy atom. The first-order chi connectivity index (χ1) is 13.9. The van der Waals surface area contributed by atoms with Crippen LogP contribution in [-0.4, -0.2) is 28.7 Å². The summed E-state index contributed by atoms with van der Waals surface area (Å²) in [5, 5.41) is 17.1. The molecule has 2 aromatic rings. The third-order valence-electron chi connectivity index (χ3n) is 6.07. The lowest BCUT2D eigenvalue weighted by Crippen LogP contribution is -2.53. The van der Waals surface area contributed by atoms with E-state index in [4.69, 9.17) is 0 Å². The van der Waals surface area contributed by atoms with E-state index in [9.17, 15) is 24.5 Å². The Kier molecular flexibility index (Phi) is 3.45. The summed E-state index contributed by atoms with van der Waals surface area (Å²) in [7, 11) is 0. The Labute approximate surface area is 164 Å². The van der Waals surface area contributed by atoms with Gasteiger partial charge in [0.2, 0.25) is 17.7 Å². The van der Waals surface area contributed by atoms with Crippen molar-refractivity contribution in [2.24, 2.45) is 11.8 Å². The summed E-state index contributed by atoms with van der Waals surface area (Å²) in [5.41, 5.74) is -0.191. The Balaban J connectivity index is 1.64. The highest BCUT2D eigenvalue weighted by molar-refractivity contribution is 6.25. The normalized spacial score (nSPS) is 29.9. The van der Waals surface area contributed by atoms with Gasteiger partial charge in [-0.3, -0.25) is 29.8 Å². The molecule has 0 saturated carbocycles. The van der Waals surface area contributed by atoms with Crippen molar-refractivity contribution in [3.8, 4) is 0 Å². The largest absolute Gasteiger partial charge is 0.324 e. The summed E-state index contributed by atoms with van der Waals surface area (Å²) in [6, 6.07) is 12.0. The summed E-state index contributed by atoms with van der Waals surface area (Å²) in [4.78, 5) is 51.2. The minimum atomic E-state index is -1.34. The molecule has 0 bridgehead atoms. The van der Waals surface area contributed by atoms with Gasteiger partial charge < -0.3 is 5.32 Å². The van der Waals surface area contributed by atoms with E-state index >= 15 is 0 Å². The molecule has 146 valence electrons. The number of para-hydroxylation sites is 1. The maximum Gasteiger partial charge on any atom is 0.271 e. The van der Waals surface area contributed by atoms with Crippen molar-refractivity contribution in [2.45, 2.75) is 18.5 Å². The molecule has 3 amide bonds. The molecule has 0 aliphatic carbocycles. The molecule has 9 nitrogen and oxygen atoms in total. The molecule has 0 unspecified atom stereocenters. The lowest BCUT2D eigenvalue weighted by Gasteiger charge is -2.29. The molecule has 3 aliphatic rings. The molecular formula is C20H16N4O5. The molecule has 3 heterocycles. The average Bonchev–Trinajstić information content (AvgIpc) is 3.26. The van der Waals surface area contributed by atoms with Crippen molar-refractivity contribution < 1.29 is 19.3 Å². The number of nitro groups is 1. The van der Waals surface area contributed by atoms with Crippen LogP contribution in [0.5, 0.6) is 0 Å². The van der Waals surface area contributed by atoms with Crippen LogP contribution in [-0.2, 0) is 19.9 Å². The van der Waals surface area contributed by atoms with Gasteiger partial charge in [0.15, 0.2) is 0 Å². The van der Waals surface area contributed by atoms with E-state index in [1.807, 2.05) is 0 Å². The fourth-order valence-electron chi connectivity index (χ4n) is 4.92. The number of anilines is 2. The van der Waals surface area contributed by atoms with Crippen molar-refractivity contribution >= 4 is 34.8 Å². The van der Waals surface area contributed by atoms with Crippen LogP contribution in [0.15, 0.2) is 48.5 Å². The number of nitrogens with zero attached hydrogens (tertiary/aromatic N) is 2. The molecule has 5 rings (SSSR count).